The predicted octanol–water partition coefficient (Wildman–Crippen LogP) is 5.30. The highest BCUT2D eigenvalue weighted by Gasteiger charge is 2.18. The smallest absolute Gasteiger partial charge is 0.260 e. The highest BCUT2D eigenvalue weighted by atomic mass is 79.9. The first-order chi connectivity index (χ1) is 15.5. The third-order valence-electron chi connectivity index (χ3n) is 5.13. The van der Waals surface area contributed by atoms with Crippen molar-refractivity contribution in [1.82, 2.24) is 10.6 Å². The molecule has 33 heavy (non-hydrogen) atoms. The second-order valence-corrected chi connectivity index (χ2v) is 10.0. The van der Waals surface area contributed by atoms with E-state index in [9.17, 15) is 9.59 Å². The number of hydrogen-bond donors (Lipinski definition) is 2. The van der Waals surface area contributed by atoms with Crippen LogP contribution in [-0.2, 0) is 9.59 Å². The van der Waals surface area contributed by atoms with Gasteiger partial charge in [-0.15, -0.1) is 0 Å². The summed E-state index contributed by atoms with van der Waals surface area (Å²) in [5.74, 6) is 1.05. The number of nitrogens with one attached hydrogen (secondary N) is 2. The van der Waals surface area contributed by atoms with Crippen LogP contribution in [-0.4, -0.2) is 37.1 Å². The van der Waals surface area contributed by atoms with Gasteiger partial charge >= 0.3 is 0 Å². The van der Waals surface area contributed by atoms with E-state index in [-0.39, 0.29) is 11.8 Å². The van der Waals surface area contributed by atoms with Crippen LogP contribution in [0.25, 0.3) is 0 Å². The zero-order valence-corrected chi connectivity index (χ0v) is 23.1. The Labute approximate surface area is 213 Å². The van der Waals surface area contributed by atoms with E-state index in [0.717, 1.165) is 42.7 Å². The van der Waals surface area contributed by atoms with E-state index in [4.69, 9.17) is 9.47 Å². The first kappa shape index (κ1) is 27.2. The summed E-state index contributed by atoms with van der Waals surface area (Å²) in [6.07, 6.45) is -0.642. The number of halogens is 2. The number of amides is 2. The molecule has 2 atom stereocenters. The molecule has 0 aromatic heterocycles. The van der Waals surface area contributed by atoms with Crippen LogP contribution in [0.2, 0.25) is 0 Å². The van der Waals surface area contributed by atoms with Crippen LogP contribution in [0.4, 0.5) is 0 Å². The molecule has 0 fully saturated rings. The lowest BCUT2D eigenvalue weighted by Crippen LogP contribution is -2.40. The quantitative estimate of drug-likeness (QED) is 0.372. The Kier molecular flexibility index (Phi) is 10.2. The van der Waals surface area contributed by atoms with Gasteiger partial charge in [0.05, 0.1) is 0 Å². The van der Waals surface area contributed by atoms with Crippen molar-refractivity contribution in [3.05, 3.63) is 55.5 Å². The van der Waals surface area contributed by atoms with Crippen molar-refractivity contribution in [2.45, 2.75) is 60.2 Å². The molecule has 0 heterocycles. The monoisotopic (exact) mass is 582 g/mol. The van der Waals surface area contributed by atoms with Gasteiger partial charge in [-0.1, -0.05) is 31.9 Å². The average Bonchev–Trinajstić information content (AvgIpc) is 2.72. The third kappa shape index (κ3) is 8.03. The Morgan fingerprint density at radius 3 is 1.33 bits per heavy atom. The molecule has 2 N–H and O–H groups in total. The van der Waals surface area contributed by atoms with Gasteiger partial charge in [-0.05, 0) is 94.5 Å². The van der Waals surface area contributed by atoms with Gasteiger partial charge in [0.25, 0.3) is 11.8 Å². The normalized spacial score (nSPS) is 12.6. The van der Waals surface area contributed by atoms with Crippen LogP contribution >= 0.6 is 31.9 Å². The van der Waals surface area contributed by atoms with E-state index < -0.39 is 12.2 Å². The SMILES string of the molecule is Cc1cc(Br)cc(C)c1OC(C)C(=O)NCCCNC(=O)C(C)Oc1c(C)cc(Br)cc1C. The maximum Gasteiger partial charge on any atom is 0.260 e. The molecular weight excluding hydrogens is 552 g/mol. The van der Waals surface area contributed by atoms with Gasteiger partial charge in [0.1, 0.15) is 11.5 Å². The van der Waals surface area contributed by atoms with Crippen molar-refractivity contribution >= 4 is 43.7 Å². The summed E-state index contributed by atoms with van der Waals surface area (Å²) in [5, 5.41) is 5.71. The van der Waals surface area contributed by atoms with Gasteiger partial charge in [0, 0.05) is 22.0 Å². The number of hydrogen-bond acceptors (Lipinski definition) is 4. The van der Waals surface area contributed by atoms with Crippen molar-refractivity contribution in [3.63, 3.8) is 0 Å². The second-order valence-electron chi connectivity index (χ2n) is 8.19. The number of ether oxygens (including phenoxy) is 2. The van der Waals surface area contributed by atoms with E-state index in [1.165, 1.54) is 0 Å². The zero-order chi connectivity index (χ0) is 24.7. The standard InChI is InChI=1S/C25H32Br2N2O4/c1-14-10-20(26)11-15(2)22(14)32-18(5)24(30)28-8-7-9-29-25(31)19(6)33-23-16(3)12-21(27)13-17(23)4/h10-13,18-19H,7-9H2,1-6H3,(H,28,30)(H,29,31). The highest BCUT2D eigenvalue weighted by molar-refractivity contribution is 9.10. The summed E-state index contributed by atoms with van der Waals surface area (Å²) in [4.78, 5) is 24.8. The third-order valence-corrected chi connectivity index (χ3v) is 6.05. The summed E-state index contributed by atoms with van der Waals surface area (Å²) < 4.78 is 13.7. The lowest BCUT2D eigenvalue weighted by atomic mass is 10.1. The summed E-state index contributed by atoms with van der Waals surface area (Å²) in [5.41, 5.74) is 3.87. The van der Waals surface area contributed by atoms with Crippen molar-refractivity contribution < 1.29 is 19.1 Å². The van der Waals surface area contributed by atoms with Crippen LogP contribution in [0.1, 0.15) is 42.5 Å². The number of carbonyl (C=O) groups excluding carboxylic acids is 2. The van der Waals surface area contributed by atoms with Crippen LogP contribution < -0.4 is 20.1 Å². The topological polar surface area (TPSA) is 76.7 Å². The second kappa shape index (κ2) is 12.4. The molecule has 2 aromatic carbocycles. The molecule has 0 radical (unpaired) electrons. The number of aryl methyl sites for hydroxylation is 4. The van der Waals surface area contributed by atoms with Crippen molar-refractivity contribution in [2.75, 3.05) is 13.1 Å². The molecule has 0 aliphatic carbocycles. The van der Waals surface area contributed by atoms with Gasteiger partial charge in [-0.25, -0.2) is 0 Å². The fraction of sp³-hybridized carbons (Fsp3) is 0.440. The van der Waals surface area contributed by atoms with Crippen LogP contribution in [0.5, 0.6) is 11.5 Å². The first-order valence-electron chi connectivity index (χ1n) is 10.9. The molecule has 0 saturated carbocycles. The maximum absolute atomic E-state index is 12.4. The highest BCUT2D eigenvalue weighted by Crippen LogP contribution is 2.29. The summed E-state index contributed by atoms with van der Waals surface area (Å²) in [6, 6.07) is 7.83. The minimum Gasteiger partial charge on any atom is -0.480 e. The minimum atomic E-state index is -0.621. The molecule has 180 valence electrons. The van der Waals surface area contributed by atoms with Gasteiger partial charge < -0.3 is 20.1 Å². The van der Waals surface area contributed by atoms with Gasteiger partial charge in [-0.2, -0.15) is 0 Å². The summed E-state index contributed by atoms with van der Waals surface area (Å²) >= 11 is 6.92. The molecule has 6 nitrogen and oxygen atoms in total. The lowest BCUT2D eigenvalue weighted by Gasteiger charge is -2.19. The van der Waals surface area contributed by atoms with Gasteiger partial charge in [0.2, 0.25) is 0 Å². The summed E-state index contributed by atoms with van der Waals surface area (Å²) in [7, 11) is 0. The molecule has 0 aliphatic rings. The minimum absolute atomic E-state index is 0.194. The molecule has 2 unspecified atom stereocenters. The van der Waals surface area contributed by atoms with Gasteiger partial charge in [0.15, 0.2) is 12.2 Å². The Balaban J connectivity index is 1.73. The largest absolute Gasteiger partial charge is 0.480 e. The molecule has 0 aliphatic heterocycles. The number of carbonyl (C=O) groups is 2. The molecule has 0 saturated heterocycles. The first-order valence-corrected chi connectivity index (χ1v) is 12.5. The van der Waals surface area contributed by atoms with E-state index in [2.05, 4.69) is 42.5 Å². The fourth-order valence-corrected chi connectivity index (χ4v) is 4.80. The average molecular weight is 584 g/mol. The Morgan fingerprint density at radius 1 is 0.727 bits per heavy atom. The van der Waals surface area contributed by atoms with Crippen molar-refractivity contribution in [1.29, 1.82) is 0 Å². The fourth-order valence-electron chi connectivity index (χ4n) is 3.43. The van der Waals surface area contributed by atoms with Crippen molar-refractivity contribution in [3.8, 4) is 11.5 Å². The Morgan fingerprint density at radius 2 is 1.03 bits per heavy atom. The lowest BCUT2D eigenvalue weighted by molar-refractivity contribution is -0.127. The molecule has 2 aromatic rings. The van der Waals surface area contributed by atoms with Crippen LogP contribution in [0.15, 0.2) is 33.2 Å². The summed E-state index contributed by atoms with van der Waals surface area (Å²) in [6.45, 7) is 12.1. The van der Waals surface area contributed by atoms with E-state index in [0.29, 0.717) is 19.5 Å². The van der Waals surface area contributed by atoms with Crippen LogP contribution in [0.3, 0.4) is 0 Å². The molecule has 2 amide bonds. The van der Waals surface area contributed by atoms with Crippen LogP contribution in [0, 0.1) is 27.7 Å². The maximum atomic E-state index is 12.4. The van der Waals surface area contributed by atoms with E-state index in [1.54, 1.807) is 13.8 Å². The molecule has 2 rings (SSSR count). The van der Waals surface area contributed by atoms with E-state index >= 15 is 0 Å². The number of benzene rings is 2. The molecule has 0 spiro atoms. The Bertz CT molecular complexity index is 884. The molecule has 8 heteroatoms. The Hall–Kier alpha value is -2.06. The van der Waals surface area contributed by atoms with Crippen molar-refractivity contribution in [2.24, 2.45) is 0 Å². The number of rotatable bonds is 10. The zero-order valence-electron chi connectivity index (χ0n) is 20.0. The van der Waals surface area contributed by atoms with E-state index in [1.807, 2.05) is 52.0 Å². The molecular formula is C25H32Br2N2O4. The predicted molar refractivity (Wildman–Crippen MR) is 138 cm³/mol. The molecule has 0 bridgehead atoms. The van der Waals surface area contributed by atoms with Gasteiger partial charge in [-0.3, -0.25) is 9.59 Å².